The van der Waals surface area contributed by atoms with Gasteiger partial charge in [-0.25, -0.2) is 9.78 Å². The fourth-order valence-electron chi connectivity index (χ4n) is 1.83. The van der Waals surface area contributed by atoms with Crippen molar-refractivity contribution in [2.24, 2.45) is 0 Å². The Morgan fingerprint density at radius 1 is 1.25 bits per heavy atom. The second-order valence-electron chi connectivity index (χ2n) is 5.69. The number of aryl methyl sites for hydroxylation is 1. The number of aromatic carboxylic acids is 1. The van der Waals surface area contributed by atoms with Crippen LogP contribution in [0.3, 0.4) is 0 Å². The molecule has 0 saturated carbocycles. The second kappa shape index (κ2) is 5.25. The van der Waals surface area contributed by atoms with Crippen molar-refractivity contribution in [1.82, 2.24) is 4.98 Å². The predicted octanol–water partition coefficient (Wildman–Crippen LogP) is 4.19. The maximum Gasteiger partial charge on any atom is 0.347 e. The van der Waals surface area contributed by atoms with E-state index in [1.807, 2.05) is 12.1 Å². The molecule has 0 saturated heterocycles. The zero-order valence-electron chi connectivity index (χ0n) is 12.0. The number of rotatable bonds is 3. The molecular weight excluding hydrogens is 272 g/mol. The van der Waals surface area contributed by atoms with Gasteiger partial charge < -0.3 is 10.4 Å². The molecule has 2 rings (SSSR count). The summed E-state index contributed by atoms with van der Waals surface area (Å²) in [6.07, 6.45) is 0. The minimum Gasteiger partial charge on any atom is -0.477 e. The van der Waals surface area contributed by atoms with Crippen LogP contribution in [0.2, 0.25) is 0 Å². The minimum absolute atomic E-state index is 0.118. The van der Waals surface area contributed by atoms with Gasteiger partial charge in [-0.05, 0) is 30.0 Å². The summed E-state index contributed by atoms with van der Waals surface area (Å²) in [5, 5.41) is 12.8. The molecule has 0 fully saturated rings. The fourth-order valence-corrected chi connectivity index (χ4v) is 2.65. The highest BCUT2D eigenvalue weighted by atomic mass is 32.1. The van der Waals surface area contributed by atoms with Gasteiger partial charge in [-0.3, -0.25) is 0 Å². The summed E-state index contributed by atoms with van der Waals surface area (Å²) in [6.45, 7) is 8.20. The van der Waals surface area contributed by atoms with E-state index in [1.54, 1.807) is 6.92 Å². The average molecular weight is 290 g/mol. The lowest BCUT2D eigenvalue weighted by atomic mass is 9.87. The van der Waals surface area contributed by atoms with Crippen molar-refractivity contribution in [3.05, 3.63) is 40.4 Å². The molecule has 4 nitrogen and oxygen atoms in total. The molecule has 0 amide bonds. The molecule has 2 N–H and O–H groups in total. The zero-order valence-corrected chi connectivity index (χ0v) is 12.8. The molecule has 5 heteroatoms. The molecule has 0 aliphatic rings. The number of carbonyl (C=O) groups is 1. The van der Waals surface area contributed by atoms with Crippen molar-refractivity contribution in [2.75, 3.05) is 5.32 Å². The number of aromatic nitrogens is 1. The summed E-state index contributed by atoms with van der Waals surface area (Å²) in [4.78, 5) is 15.5. The molecule has 106 valence electrons. The largest absolute Gasteiger partial charge is 0.477 e. The van der Waals surface area contributed by atoms with Crippen molar-refractivity contribution in [3.63, 3.8) is 0 Å². The van der Waals surface area contributed by atoms with E-state index in [-0.39, 0.29) is 10.3 Å². The third-order valence-electron chi connectivity index (χ3n) is 2.99. The van der Waals surface area contributed by atoms with Crippen molar-refractivity contribution >= 4 is 28.1 Å². The standard InChI is InChI=1S/C15H18N2O2S/c1-9-12(13(18)19)20-14(16-9)17-11-7-5-10(6-8-11)15(2,3)4/h5-8H,1-4H3,(H,16,17)(H,18,19). The van der Waals surface area contributed by atoms with Gasteiger partial charge in [-0.15, -0.1) is 0 Å². The smallest absolute Gasteiger partial charge is 0.347 e. The van der Waals surface area contributed by atoms with E-state index in [2.05, 4.69) is 43.2 Å². The van der Waals surface area contributed by atoms with Gasteiger partial charge >= 0.3 is 5.97 Å². The monoisotopic (exact) mass is 290 g/mol. The van der Waals surface area contributed by atoms with E-state index >= 15 is 0 Å². The maximum absolute atomic E-state index is 11.0. The first-order valence-corrected chi connectivity index (χ1v) is 7.17. The van der Waals surface area contributed by atoms with Crippen LogP contribution in [-0.4, -0.2) is 16.1 Å². The molecule has 0 unspecified atom stereocenters. The number of hydrogen-bond acceptors (Lipinski definition) is 4. The van der Waals surface area contributed by atoms with Crippen LogP contribution in [0, 0.1) is 6.92 Å². The van der Waals surface area contributed by atoms with Gasteiger partial charge in [0.25, 0.3) is 0 Å². The Bertz CT molecular complexity index is 624. The third kappa shape index (κ3) is 3.17. The van der Waals surface area contributed by atoms with Crippen molar-refractivity contribution in [3.8, 4) is 0 Å². The highest BCUT2D eigenvalue weighted by molar-refractivity contribution is 7.17. The molecule has 1 aromatic heterocycles. The number of carboxylic acid groups (broad SMARTS) is 1. The normalized spacial score (nSPS) is 11.4. The van der Waals surface area contributed by atoms with E-state index in [9.17, 15) is 4.79 Å². The summed E-state index contributed by atoms with van der Waals surface area (Å²) < 4.78 is 0. The van der Waals surface area contributed by atoms with Gasteiger partial charge in [0.05, 0.1) is 5.69 Å². The first-order chi connectivity index (χ1) is 9.27. The molecule has 20 heavy (non-hydrogen) atoms. The topological polar surface area (TPSA) is 62.2 Å². The molecule has 0 spiro atoms. The maximum atomic E-state index is 11.0. The lowest BCUT2D eigenvalue weighted by Crippen LogP contribution is -2.10. The molecule has 0 atom stereocenters. The van der Waals surface area contributed by atoms with E-state index in [0.717, 1.165) is 17.0 Å². The van der Waals surface area contributed by atoms with Gasteiger partial charge in [-0.2, -0.15) is 0 Å². The summed E-state index contributed by atoms with van der Waals surface area (Å²) in [5.41, 5.74) is 2.82. The van der Waals surface area contributed by atoms with Crippen LogP contribution in [0.25, 0.3) is 0 Å². The Morgan fingerprint density at radius 2 is 1.85 bits per heavy atom. The highest BCUT2D eigenvalue weighted by Gasteiger charge is 2.15. The van der Waals surface area contributed by atoms with Crippen LogP contribution in [-0.2, 0) is 5.41 Å². The van der Waals surface area contributed by atoms with Crippen molar-refractivity contribution in [1.29, 1.82) is 0 Å². The Kier molecular flexibility index (Phi) is 3.81. The third-order valence-corrected chi connectivity index (χ3v) is 4.05. The SMILES string of the molecule is Cc1nc(Nc2ccc(C(C)(C)C)cc2)sc1C(=O)O. The average Bonchev–Trinajstić information content (AvgIpc) is 2.70. The van der Waals surface area contributed by atoms with Crippen LogP contribution in [0.1, 0.15) is 41.7 Å². The molecule has 1 aromatic carbocycles. The van der Waals surface area contributed by atoms with E-state index in [1.165, 1.54) is 5.56 Å². The fraction of sp³-hybridized carbons (Fsp3) is 0.333. The van der Waals surface area contributed by atoms with Crippen LogP contribution < -0.4 is 5.32 Å². The van der Waals surface area contributed by atoms with Crippen molar-refractivity contribution < 1.29 is 9.90 Å². The lowest BCUT2D eigenvalue weighted by molar-refractivity contribution is 0.0701. The molecule has 0 aliphatic heterocycles. The zero-order chi connectivity index (χ0) is 14.9. The Morgan fingerprint density at radius 3 is 2.30 bits per heavy atom. The number of hydrogen-bond donors (Lipinski definition) is 2. The lowest BCUT2D eigenvalue weighted by Gasteiger charge is -2.19. The number of thiazole rings is 1. The number of nitrogens with one attached hydrogen (secondary N) is 1. The summed E-state index contributed by atoms with van der Waals surface area (Å²) in [7, 11) is 0. The quantitative estimate of drug-likeness (QED) is 0.889. The minimum atomic E-state index is -0.934. The predicted molar refractivity (Wildman–Crippen MR) is 82.2 cm³/mol. The first-order valence-electron chi connectivity index (χ1n) is 6.35. The number of carboxylic acids is 1. The first kappa shape index (κ1) is 14.5. The van der Waals surface area contributed by atoms with Gasteiger partial charge in [0, 0.05) is 5.69 Å². The Labute approximate surface area is 122 Å². The Hall–Kier alpha value is -1.88. The van der Waals surface area contributed by atoms with Crippen LogP contribution in [0.5, 0.6) is 0 Å². The molecule has 0 radical (unpaired) electrons. The van der Waals surface area contributed by atoms with Crippen molar-refractivity contribution in [2.45, 2.75) is 33.1 Å². The molecule has 1 heterocycles. The van der Waals surface area contributed by atoms with Gasteiger partial charge in [0.2, 0.25) is 0 Å². The van der Waals surface area contributed by atoms with Gasteiger partial charge in [0.1, 0.15) is 4.88 Å². The number of nitrogens with zero attached hydrogens (tertiary/aromatic N) is 1. The molecule has 2 aromatic rings. The van der Waals surface area contributed by atoms with Gasteiger partial charge in [0.15, 0.2) is 5.13 Å². The van der Waals surface area contributed by atoms with E-state index in [4.69, 9.17) is 5.11 Å². The Balaban J connectivity index is 2.18. The van der Waals surface area contributed by atoms with Crippen LogP contribution in [0.15, 0.2) is 24.3 Å². The van der Waals surface area contributed by atoms with Gasteiger partial charge in [-0.1, -0.05) is 44.2 Å². The number of anilines is 2. The van der Waals surface area contributed by atoms with Crippen LogP contribution in [0.4, 0.5) is 10.8 Å². The second-order valence-corrected chi connectivity index (χ2v) is 6.69. The summed E-state index contributed by atoms with van der Waals surface area (Å²) >= 11 is 1.15. The van der Waals surface area contributed by atoms with Crippen LogP contribution >= 0.6 is 11.3 Å². The van der Waals surface area contributed by atoms with E-state index in [0.29, 0.717) is 10.8 Å². The summed E-state index contributed by atoms with van der Waals surface area (Å²) in [6, 6.07) is 8.11. The molecule has 0 aliphatic carbocycles. The van der Waals surface area contributed by atoms with E-state index < -0.39 is 5.97 Å². The molecule has 0 bridgehead atoms. The highest BCUT2D eigenvalue weighted by Crippen LogP contribution is 2.28. The summed E-state index contributed by atoms with van der Waals surface area (Å²) in [5.74, 6) is -0.934. The molecular formula is C15H18N2O2S. The number of benzene rings is 1.